The number of rotatable bonds is 3. The van der Waals surface area contributed by atoms with Gasteiger partial charge in [0.25, 0.3) is 0 Å². The standard InChI is InChI=1S/C20H21N5O/c1-13-8-10-21-17(11-13)25-18(12-14(2)24-25)23-20(26)16-7-3-5-15-6-4-9-22-19(15)16/h4,6,8-12,16H,3,5,7H2,1-2H3,(H,23,26)/t16-/m0/s1. The van der Waals surface area contributed by atoms with Gasteiger partial charge in [0.15, 0.2) is 5.82 Å². The molecule has 4 rings (SSSR count). The van der Waals surface area contributed by atoms with Gasteiger partial charge in [-0.25, -0.2) is 4.98 Å². The minimum absolute atomic E-state index is 0.0431. The molecule has 1 aliphatic rings. The zero-order chi connectivity index (χ0) is 18.1. The van der Waals surface area contributed by atoms with Crippen molar-refractivity contribution in [2.75, 3.05) is 5.32 Å². The van der Waals surface area contributed by atoms with E-state index in [1.165, 1.54) is 5.56 Å². The van der Waals surface area contributed by atoms with Crippen LogP contribution >= 0.6 is 0 Å². The molecule has 0 bridgehead atoms. The quantitative estimate of drug-likeness (QED) is 0.789. The average Bonchev–Trinajstić information content (AvgIpc) is 3.01. The number of fused-ring (bicyclic) bond motifs is 1. The number of hydrogen-bond acceptors (Lipinski definition) is 4. The van der Waals surface area contributed by atoms with Gasteiger partial charge in [-0.2, -0.15) is 9.78 Å². The van der Waals surface area contributed by atoms with Gasteiger partial charge in [0, 0.05) is 18.5 Å². The lowest BCUT2D eigenvalue weighted by Gasteiger charge is -2.23. The van der Waals surface area contributed by atoms with Crippen molar-refractivity contribution >= 4 is 11.7 Å². The van der Waals surface area contributed by atoms with Crippen molar-refractivity contribution < 1.29 is 4.79 Å². The minimum Gasteiger partial charge on any atom is -0.310 e. The molecule has 0 saturated carbocycles. The van der Waals surface area contributed by atoms with Gasteiger partial charge < -0.3 is 5.32 Å². The average molecular weight is 347 g/mol. The van der Waals surface area contributed by atoms with Crippen molar-refractivity contribution in [1.82, 2.24) is 19.7 Å². The number of nitrogens with zero attached hydrogens (tertiary/aromatic N) is 4. The van der Waals surface area contributed by atoms with Gasteiger partial charge >= 0.3 is 0 Å². The van der Waals surface area contributed by atoms with E-state index in [2.05, 4.69) is 26.4 Å². The smallest absolute Gasteiger partial charge is 0.234 e. The lowest BCUT2D eigenvalue weighted by molar-refractivity contribution is -0.118. The molecule has 3 aromatic rings. The van der Waals surface area contributed by atoms with E-state index in [-0.39, 0.29) is 11.8 Å². The summed E-state index contributed by atoms with van der Waals surface area (Å²) in [6.45, 7) is 3.91. The molecule has 132 valence electrons. The summed E-state index contributed by atoms with van der Waals surface area (Å²) in [4.78, 5) is 21.8. The Morgan fingerprint density at radius 2 is 2.08 bits per heavy atom. The Morgan fingerprint density at radius 3 is 2.92 bits per heavy atom. The molecule has 0 aliphatic heterocycles. The first kappa shape index (κ1) is 16.4. The van der Waals surface area contributed by atoms with E-state index in [0.29, 0.717) is 11.6 Å². The number of hydrogen-bond donors (Lipinski definition) is 1. The van der Waals surface area contributed by atoms with Crippen molar-refractivity contribution in [2.24, 2.45) is 0 Å². The molecule has 1 amide bonds. The molecule has 6 nitrogen and oxygen atoms in total. The van der Waals surface area contributed by atoms with Gasteiger partial charge in [-0.15, -0.1) is 0 Å². The SMILES string of the molecule is Cc1ccnc(-n2nc(C)cc2NC(=O)[C@H]2CCCc3cccnc32)c1. The van der Waals surface area contributed by atoms with Crippen LogP contribution in [-0.4, -0.2) is 25.7 Å². The lowest BCUT2D eigenvalue weighted by atomic mass is 9.86. The second-order valence-electron chi connectivity index (χ2n) is 6.76. The van der Waals surface area contributed by atoms with Crippen LogP contribution in [0.5, 0.6) is 0 Å². The Labute approximate surface area is 152 Å². The summed E-state index contributed by atoms with van der Waals surface area (Å²) in [5.41, 5.74) is 3.98. The van der Waals surface area contributed by atoms with Crippen LogP contribution in [0.3, 0.4) is 0 Å². The van der Waals surface area contributed by atoms with Crippen molar-refractivity contribution in [3.63, 3.8) is 0 Å². The first-order valence-electron chi connectivity index (χ1n) is 8.86. The molecular formula is C20H21N5O. The van der Waals surface area contributed by atoms with Crippen LogP contribution in [-0.2, 0) is 11.2 Å². The van der Waals surface area contributed by atoms with Crippen LogP contribution in [0, 0.1) is 13.8 Å². The van der Waals surface area contributed by atoms with Crippen molar-refractivity contribution in [3.8, 4) is 5.82 Å². The lowest BCUT2D eigenvalue weighted by Crippen LogP contribution is -2.26. The van der Waals surface area contributed by atoms with Crippen LogP contribution in [0.2, 0.25) is 0 Å². The van der Waals surface area contributed by atoms with E-state index in [1.54, 1.807) is 17.1 Å². The largest absolute Gasteiger partial charge is 0.310 e. The summed E-state index contributed by atoms with van der Waals surface area (Å²) >= 11 is 0. The Bertz CT molecular complexity index is 962. The Kier molecular flexibility index (Phi) is 4.24. The van der Waals surface area contributed by atoms with Crippen LogP contribution < -0.4 is 5.32 Å². The zero-order valence-corrected chi connectivity index (χ0v) is 14.9. The van der Waals surface area contributed by atoms with Gasteiger partial charge in [0.1, 0.15) is 5.82 Å². The summed E-state index contributed by atoms with van der Waals surface area (Å²) in [5.74, 6) is 1.05. The van der Waals surface area contributed by atoms with Crippen LogP contribution in [0.15, 0.2) is 42.7 Å². The molecule has 0 aromatic carbocycles. The van der Waals surface area contributed by atoms with Crippen LogP contribution in [0.4, 0.5) is 5.82 Å². The third-order valence-electron chi connectivity index (χ3n) is 4.71. The monoisotopic (exact) mass is 347 g/mol. The van der Waals surface area contributed by atoms with E-state index in [0.717, 1.165) is 36.2 Å². The highest BCUT2D eigenvalue weighted by Gasteiger charge is 2.28. The highest BCUT2D eigenvalue weighted by Crippen LogP contribution is 2.31. The number of pyridine rings is 2. The first-order chi connectivity index (χ1) is 12.6. The highest BCUT2D eigenvalue weighted by molar-refractivity contribution is 5.95. The number of aromatic nitrogens is 4. The minimum atomic E-state index is -0.228. The van der Waals surface area contributed by atoms with Gasteiger partial charge in [0.05, 0.1) is 17.3 Å². The summed E-state index contributed by atoms with van der Waals surface area (Å²) in [7, 11) is 0. The topological polar surface area (TPSA) is 72.7 Å². The number of carbonyl (C=O) groups is 1. The molecule has 0 radical (unpaired) electrons. The van der Waals surface area contributed by atoms with E-state index in [1.807, 2.05) is 38.1 Å². The normalized spacial score (nSPS) is 16.2. The molecule has 1 atom stereocenters. The molecule has 0 unspecified atom stereocenters. The summed E-state index contributed by atoms with van der Waals surface area (Å²) in [6.07, 6.45) is 6.29. The van der Waals surface area contributed by atoms with Gasteiger partial charge in [-0.3, -0.25) is 9.78 Å². The molecule has 26 heavy (non-hydrogen) atoms. The van der Waals surface area contributed by atoms with E-state index >= 15 is 0 Å². The van der Waals surface area contributed by atoms with Gasteiger partial charge in [0.2, 0.25) is 5.91 Å². The van der Waals surface area contributed by atoms with Crippen LogP contribution in [0.1, 0.15) is 41.3 Å². The summed E-state index contributed by atoms with van der Waals surface area (Å²) in [5, 5.41) is 7.53. The predicted molar refractivity (Wildman–Crippen MR) is 99.4 cm³/mol. The third-order valence-corrected chi connectivity index (χ3v) is 4.71. The number of anilines is 1. The number of aryl methyl sites for hydroxylation is 3. The van der Waals surface area contributed by atoms with Crippen molar-refractivity contribution in [1.29, 1.82) is 0 Å². The summed E-state index contributed by atoms with van der Waals surface area (Å²) < 4.78 is 1.68. The number of nitrogens with one attached hydrogen (secondary N) is 1. The number of amides is 1. The fourth-order valence-corrected chi connectivity index (χ4v) is 3.48. The molecule has 3 aromatic heterocycles. The van der Waals surface area contributed by atoms with Crippen molar-refractivity contribution in [3.05, 3.63) is 65.2 Å². The Morgan fingerprint density at radius 1 is 1.19 bits per heavy atom. The summed E-state index contributed by atoms with van der Waals surface area (Å²) in [6, 6.07) is 9.74. The molecule has 1 N–H and O–H groups in total. The second-order valence-corrected chi connectivity index (χ2v) is 6.76. The second kappa shape index (κ2) is 6.71. The first-order valence-corrected chi connectivity index (χ1v) is 8.86. The molecular weight excluding hydrogens is 326 g/mol. The van der Waals surface area contributed by atoms with E-state index in [9.17, 15) is 4.79 Å². The van der Waals surface area contributed by atoms with Crippen molar-refractivity contribution in [2.45, 2.75) is 39.0 Å². The number of carbonyl (C=O) groups excluding carboxylic acids is 1. The fraction of sp³-hybridized carbons (Fsp3) is 0.300. The Hall–Kier alpha value is -3.02. The molecule has 0 fully saturated rings. The highest BCUT2D eigenvalue weighted by atomic mass is 16.2. The molecule has 0 spiro atoms. The zero-order valence-electron chi connectivity index (χ0n) is 14.9. The Balaban J connectivity index is 1.64. The van der Waals surface area contributed by atoms with Gasteiger partial charge in [-0.05, 0) is 62.4 Å². The molecule has 3 heterocycles. The maximum Gasteiger partial charge on any atom is 0.234 e. The fourth-order valence-electron chi connectivity index (χ4n) is 3.48. The molecule has 6 heteroatoms. The molecule has 0 saturated heterocycles. The van der Waals surface area contributed by atoms with E-state index < -0.39 is 0 Å². The maximum absolute atomic E-state index is 13.0. The third kappa shape index (κ3) is 3.10. The van der Waals surface area contributed by atoms with E-state index in [4.69, 9.17) is 0 Å². The maximum atomic E-state index is 13.0. The molecule has 1 aliphatic carbocycles. The van der Waals surface area contributed by atoms with Crippen LogP contribution in [0.25, 0.3) is 5.82 Å². The predicted octanol–water partition coefficient (Wildman–Crippen LogP) is 3.34. The van der Waals surface area contributed by atoms with Gasteiger partial charge in [-0.1, -0.05) is 6.07 Å².